The van der Waals surface area contributed by atoms with E-state index in [1.165, 1.54) is 0 Å². The van der Waals surface area contributed by atoms with Crippen LogP contribution < -0.4 is 10.1 Å². The van der Waals surface area contributed by atoms with Crippen LogP contribution in [0.3, 0.4) is 0 Å². The second-order valence-electron chi connectivity index (χ2n) is 6.78. The molecule has 1 N–H and O–H groups in total. The maximum Gasteiger partial charge on any atom is 0.272 e. The van der Waals surface area contributed by atoms with Crippen molar-refractivity contribution in [1.29, 1.82) is 0 Å². The highest BCUT2D eigenvalue weighted by molar-refractivity contribution is 5.92. The van der Waals surface area contributed by atoms with E-state index in [0.717, 1.165) is 44.2 Å². The number of nitrogens with one attached hydrogen (secondary N) is 1. The van der Waals surface area contributed by atoms with Gasteiger partial charge in [0.1, 0.15) is 11.4 Å². The minimum absolute atomic E-state index is 0.0529. The van der Waals surface area contributed by atoms with Gasteiger partial charge >= 0.3 is 0 Å². The lowest BCUT2D eigenvalue weighted by Gasteiger charge is -2.33. The minimum Gasteiger partial charge on any atom is -0.489 e. The van der Waals surface area contributed by atoms with Crippen molar-refractivity contribution >= 4 is 17.5 Å². The van der Waals surface area contributed by atoms with Crippen LogP contribution in [0.4, 0.5) is 11.6 Å². The Morgan fingerprint density at radius 3 is 2.63 bits per heavy atom. The molecule has 1 aliphatic heterocycles. The van der Waals surface area contributed by atoms with Gasteiger partial charge in [0.15, 0.2) is 0 Å². The Kier molecular flexibility index (Phi) is 6.24. The maximum atomic E-state index is 12.8. The lowest BCUT2D eigenvalue weighted by molar-refractivity contribution is 0.0637. The number of amides is 1. The molecular formula is C20H27N5O2. The van der Waals surface area contributed by atoms with Crippen molar-refractivity contribution in [3.05, 3.63) is 42.2 Å². The molecule has 0 unspecified atom stereocenters. The number of aromatic nitrogens is 2. The molecule has 1 amide bonds. The van der Waals surface area contributed by atoms with Crippen molar-refractivity contribution < 1.29 is 9.53 Å². The number of benzene rings is 1. The number of hydrogen-bond acceptors (Lipinski definition) is 6. The van der Waals surface area contributed by atoms with Crippen molar-refractivity contribution in [3.8, 4) is 5.75 Å². The molecule has 2 heterocycles. The van der Waals surface area contributed by atoms with Gasteiger partial charge in [0, 0.05) is 32.4 Å². The van der Waals surface area contributed by atoms with Crippen molar-refractivity contribution in [2.75, 3.05) is 38.0 Å². The van der Waals surface area contributed by atoms with Crippen LogP contribution in [0.25, 0.3) is 0 Å². The smallest absolute Gasteiger partial charge is 0.272 e. The molecule has 1 aromatic carbocycles. The monoisotopic (exact) mass is 369 g/mol. The Bertz CT molecular complexity index is 772. The van der Waals surface area contributed by atoms with E-state index in [-0.39, 0.29) is 12.0 Å². The summed E-state index contributed by atoms with van der Waals surface area (Å²) in [4.78, 5) is 25.6. The molecule has 0 saturated carbocycles. The highest BCUT2D eigenvalue weighted by Crippen LogP contribution is 2.27. The fourth-order valence-corrected chi connectivity index (χ4v) is 3.01. The van der Waals surface area contributed by atoms with Crippen molar-refractivity contribution in [3.63, 3.8) is 0 Å². The first-order valence-electron chi connectivity index (χ1n) is 9.44. The van der Waals surface area contributed by atoms with E-state index in [1.807, 2.05) is 43.0 Å². The molecule has 0 atom stereocenters. The molecule has 3 rings (SSSR count). The zero-order chi connectivity index (χ0) is 19.2. The molecule has 27 heavy (non-hydrogen) atoms. The van der Waals surface area contributed by atoms with E-state index >= 15 is 0 Å². The van der Waals surface area contributed by atoms with Gasteiger partial charge in [-0.15, -0.1) is 0 Å². The average Bonchev–Trinajstić information content (AvgIpc) is 2.69. The lowest BCUT2D eigenvalue weighted by atomic mass is 10.2. The number of anilines is 2. The fourth-order valence-electron chi connectivity index (χ4n) is 3.01. The second kappa shape index (κ2) is 8.81. The van der Waals surface area contributed by atoms with Crippen LogP contribution in [0.15, 0.2) is 36.5 Å². The molecule has 144 valence electrons. The number of rotatable bonds is 6. The first-order chi connectivity index (χ1) is 13.1. The Morgan fingerprint density at radius 1 is 1.19 bits per heavy atom. The van der Waals surface area contributed by atoms with Gasteiger partial charge in [0.25, 0.3) is 5.91 Å². The lowest BCUT2D eigenvalue weighted by Crippen LogP contribution is -2.48. The predicted molar refractivity (Wildman–Crippen MR) is 106 cm³/mol. The Labute approximate surface area is 160 Å². The Balaban J connectivity index is 1.72. The maximum absolute atomic E-state index is 12.8. The Hall–Kier alpha value is -2.67. The summed E-state index contributed by atoms with van der Waals surface area (Å²) in [5.74, 6) is 1.05. The van der Waals surface area contributed by atoms with Gasteiger partial charge in [-0.2, -0.15) is 0 Å². The molecule has 1 aliphatic rings. The number of carbonyl (C=O) groups is 1. The number of likely N-dealkylation sites (N-methyl/N-ethyl adjacent to an activating group) is 1. The van der Waals surface area contributed by atoms with E-state index in [1.54, 1.807) is 12.3 Å². The molecule has 0 spiro atoms. The normalized spacial score (nSPS) is 15.0. The minimum atomic E-state index is -0.0529. The molecular weight excluding hydrogens is 342 g/mol. The molecule has 1 fully saturated rings. The van der Waals surface area contributed by atoms with Crippen molar-refractivity contribution in [2.24, 2.45) is 0 Å². The topological polar surface area (TPSA) is 70.6 Å². The van der Waals surface area contributed by atoms with Gasteiger partial charge < -0.3 is 19.9 Å². The number of piperazine rings is 1. The highest BCUT2D eigenvalue weighted by Gasteiger charge is 2.22. The predicted octanol–water partition coefficient (Wildman–Crippen LogP) is 2.79. The Morgan fingerprint density at radius 2 is 1.93 bits per heavy atom. The number of carbonyl (C=O) groups excluding carboxylic acids is 1. The molecule has 1 saturated heterocycles. The first kappa shape index (κ1) is 19.1. The van der Waals surface area contributed by atoms with E-state index in [0.29, 0.717) is 11.6 Å². The van der Waals surface area contributed by atoms with Crippen LogP contribution in [0, 0.1) is 0 Å². The van der Waals surface area contributed by atoms with Crippen LogP contribution in [-0.4, -0.2) is 64.5 Å². The molecule has 2 aromatic rings. The van der Waals surface area contributed by atoms with E-state index in [2.05, 4.69) is 27.1 Å². The van der Waals surface area contributed by atoms with Crippen LogP contribution in [0.5, 0.6) is 5.75 Å². The summed E-state index contributed by atoms with van der Waals surface area (Å²) < 4.78 is 5.81. The average molecular weight is 369 g/mol. The summed E-state index contributed by atoms with van der Waals surface area (Å²) in [5, 5.41) is 3.17. The van der Waals surface area contributed by atoms with Gasteiger partial charge in [-0.25, -0.2) is 9.97 Å². The number of nitrogens with zero attached hydrogens (tertiary/aromatic N) is 4. The number of hydrogen-bond donors (Lipinski definition) is 1. The van der Waals surface area contributed by atoms with Crippen LogP contribution in [0.2, 0.25) is 0 Å². The number of para-hydroxylation sites is 2. The number of ether oxygens (including phenoxy) is 1. The quantitative estimate of drug-likeness (QED) is 0.844. The summed E-state index contributed by atoms with van der Waals surface area (Å²) in [7, 11) is 0. The highest BCUT2D eigenvalue weighted by atomic mass is 16.5. The van der Waals surface area contributed by atoms with E-state index in [9.17, 15) is 4.79 Å². The zero-order valence-electron chi connectivity index (χ0n) is 16.2. The van der Waals surface area contributed by atoms with Gasteiger partial charge in [0.2, 0.25) is 5.95 Å². The molecule has 0 aliphatic carbocycles. The SMILES string of the molecule is CCN1CCN(C(=O)c2ccnc(Nc3ccccc3OC(C)C)n2)CC1. The largest absolute Gasteiger partial charge is 0.489 e. The molecule has 7 nitrogen and oxygen atoms in total. The van der Waals surface area contributed by atoms with Crippen LogP contribution >= 0.6 is 0 Å². The third-order valence-electron chi connectivity index (χ3n) is 4.48. The van der Waals surface area contributed by atoms with Crippen LogP contribution in [-0.2, 0) is 0 Å². The van der Waals surface area contributed by atoms with Gasteiger partial charge in [-0.1, -0.05) is 19.1 Å². The van der Waals surface area contributed by atoms with Crippen molar-refractivity contribution in [1.82, 2.24) is 19.8 Å². The summed E-state index contributed by atoms with van der Waals surface area (Å²) in [5.41, 5.74) is 1.17. The molecule has 0 radical (unpaired) electrons. The first-order valence-corrected chi connectivity index (χ1v) is 9.44. The third kappa shape index (κ3) is 4.95. The fraction of sp³-hybridized carbons (Fsp3) is 0.450. The second-order valence-corrected chi connectivity index (χ2v) is 6.78. The third-order valence-corrected chi connectivity index (χ3v) is 4.48. The summed E-state index contributed by atoms with van der Waals surface area (Å²) in [6, 6.07) is 9.29. The van der Waals surface area contributed by atoms with Crippen molar-refractivity contribution in [2.45, 2.75) is 26.9 Å². The summed E-state index contributed by atoms with van der Waals surface area (Å²) in [6.07, 6.45) is 1.67. The molecule has 1 aromatic heterocycles. The standard InChI is InChI=1S/C20H27N5O2/c1-4-24-11-13-25(14-12-24)19(26)17-9-10-21-20(23-17)22-16-7-5-6-8-18(16)27-15(2)3/h5-10,15H,4,11-14H2,1-3H3,(H,21,22,23). The zero-order valence-corrected chi connectivity index (χ0v) is 16.2. The van der Waals surface area contributed by atoms with Gasteiger partial charge in [0.05, 0.1) is 11.8 Å². The summed E-state index contributed by atoms with van der Waals surface area (Å²) >= 11 is 0. The molecule has 0 bridgehead atoms. The van der Waals surface area contributed by atoms with Gasteiger partial charge in [-0.3, -0.25) is 4.79 Å². The van der Waals surface area contributed by atoms with E-state index < -0.39 is 0 Å². The van der Waals surface area contributed by atoms with Crippen LogP contribution in [0.1, 0.15) is 31.3 Å². The van der Waals surface area contributed by atoms with Gasteiger partial charge in [-0.05, 0) is 38.6 Å². The van der Waals surface area contributed by atoms with E-state index in [4.69, 9.17) is 4.74 Å². The summed E-state index contributed by atoms with van der Waals surface area (Å²) in [6.45, 7) is 10.4. The molecule has 7 heteroatoms.